The van der Waals surface area contributed by atoms with E-state index >= 15 is 0 Å². The van der Waals surface area contributed by atoms with Crippen LogP contribution < -0.4 is 5.32 Å². The fraction of sp³-hybridized carbons (Fsp3) is 0.533. The van der Waals surface area contributed by atoms with Gasteiger partial charge in [-0.05, 0) is 37.5 Å². The highest BCUT2D eigenvalue weighted by Gasteiger charge is 2.23. The average Bonchev–Trinajstić information content (AvgIpc) is 2.41. The van der Waals surface area contributed by atoms with Crippen molar-refractivity contribution in [2.75, 3.05) is 26.2 Å². The Kier molecular flexibility index (Phi) is 4.02. The maximum Gasteiger partial charge on any atom is 0.229 e. The largest absolute Gasteiger partial charge is 0.340 e. The molecule has 0 aliphatic carbocycles. The highest BCUT2D eigenvalue weighted by atomic mass is 16.2. The van der Waals surface area contributed by atoms with Gasteiger partial charge >= 0.3 is 0 Å². The Balaban J connectivity index is 2.11. The molecule has 3 nitrogen and oxygen atoms in total. The van der Waals surface area contributed by atoms with Crippen molar-refractivity contribution in [3.05, 3.63) is 34.9 Å². The number of hydrogen-bond donors (Lipinski definition) is 1. The molecule has 1 aromatic carbocycles. The van der Waals surface area contributed by atoms with Gasteiger partial charge in [0.15, 0.2) is 0 Å². The summed E-state index contributed by atoms with van der Waals surface area (Å²) in [6.07, 6.45) is 0. The zero-order valence-electron chi connectivity index (χ0n) is 11.5. The van der Waals surface area contributed by atoms with Gasteiger partial charge in [-0.3, -0.25) is 4.79 Å². The van der Waals surface area contributed by atoms with Crippen LogP contribution in [0.3, 0.4) is 0 Å². The molecular formula is C15H22N2O. The molecule has 1 heterocycles. The second-order valence-corrected chi connectivity index (χ2v) is 5.14. The van der Waals surface area contributed by atoms with Gasteiger partial charge < -0.3 is 10.2 Å². The highest BCUT2D eigenvalue weighted by Crippen LogP contribution is 2.21. The zero-order chi connectivity index (χ0) is 13.1. The van der Waals surface area contributed by atoms with E-state index in [0.29, 0.717) is 0 Å². The predicted octanol–water partition coefficient (Wildman–Crippen LogP) is 1.84. The van der Waals surface area contributed by atoms with E-state index in [1.807, 2.05) is 11.8 Å². The fourth-order valence-corrected chi connectivity index (χ4v) is 2.34. The Morgan fingerprint density at radius 3 is 2.50 bits per heavy atom. The minimum Gasteiger partial charge on any atom is -0.340 e. The molecule has 1 aliphatic rings. The molecule has 0 bridgehead atoms. The van der Waals surface area contributed by atoms with Crippen LogP contribution in [-0.2, 0) is 4.79 Å². The quantitative estimate of drug-likeness (QED) is 0.863. The zero-order valence-corrected chi connectivity index (χ0v) is 11.5. The van der Waals surface area contributed by atoms with Gasteiger partial charge in [0.2, 0.25) is 5.91 Å². The SMILES string of the molecule is Cc1ccc(C(C)C(=O)N2CCNCC2)cc1C. The molecule has 1 saturated heterocycles. The minimum atomic E-state index is -0.0394. The van der Waals surface area contributed by atoms with Crippen LogP contribution in [0.1, 0.15) is 29.5 Å². The molecule has 1 aromatic rings. The minimum absolute atomic E-state index is 0.0394. The van der Waals surface area contributed by atoms with Crippen molar-refractivity contribution in [3.8, 4) is 0 Å². The van der Waals surface area contributed by atoms with Crippen LogP contribution in [0.5, 0.6) is 0 Å². The van der Waals surface area contributed by atoms with Crippen molar-refractivity contribution in [3.63, 3.8) is 0 Å². The van der Waals surface area contributed by atoms with E-state index in [1.165, 1.54) is 11.1 Å². The molecule has 0 saturated carbocycles. The molecule has 0 aromatic heterocycles. The summed E-state index contributed by atoms with van der Waals surface area (Å²) in [6, 6.07) is 6.32. The summed E-state index contributed by atoms with van der Waals surface area (Å²) in [5.41, 5.74) is 3.66. The van der Waals surface area contributed by atoms with Crippen molar-refractivity contribution in [1.82, 2.24) is 10.2 Å². The summed E-state index contributed by atoms with van der Waals surface area (Å²) in [5, 5.41) is 3.27. The molecule has 1 N–H and O–H groups in total. The Labute approximate surface area is 109 Å². The van der Waals surface area contributed by atoms with E-state index in [4.69, 9.17) is 0 Å². The lowest BCUT2D eigenvalue weighted by Crippen LogP contribution is -2.47. The Hall–Kier alpha value is -1.35. The first kappa shape index (κ1) is 13.1. The first-order valence-corrected chi connectivity index (χ1v) is 6.66. The average molecular weight is 246 g/mol. The van der Waals surface area contributed by atoms with Gasteiger partial charge in [0, 0.05) is 26.2 Å². The van der Waals surface area contributed by atoms with Crippen LogP contribution in [-0.4, -0.2) is 37.0 Å². The maximum atomic E-state index is 12.4. The van der Waals surface area contributed by atoms with E-state index < -0.39 is 0 Å². The summed E-state index contributed by atoms with van der Waals surface area (Å²) in [7, 11) is 0. The Morgan fingerprint density at radius 2 is 1.89 bits per heavy atom. The molecule has 1 unspecified atom stereocenters. The third-order valence-corrected chi connectivity index (χ3v) is 3.83. The summed E-state index contributed by atoms with van der Waals surface area (Å²) in [4.78, 5) is 14.4. The summed E-state index contributed by atoms with van der Waals surface area (Å²) in [5.74, 6) is 0.210. The van der Waals surface area contributed by atoms with Crippen molar-refractivity contribution >= 4 is 5.91 Å². The molecule has 18 heavy (non-hydrogen) atoms. The van der Waals surface area contributed by atoms with Crippen LogP contribution in [0.15, 0.2) is 18.2 Å². The lowest BCUT2D eigenvalue weighted by atomic mass is 9.96. The normalized spacial score (nSPS) is 17.6. The monoisotopic (exact) mass is 246 g/mol. The number of nitrogens with zero attached hydrogens (tertiary/aromatic N) is 1. The number of aryl methyl sites for hydroxylation is 2. The van der Waals surface area contributed by atoms with Crippen LogP contribution >= 0.6 is 0 Å². The van der Waals surface area contributed by atoms with Crippen LogP contribution in [0.2, 0.25) is 0 Å². The lowest BCUT2D eigenvalue weighted by Gasteiger charge is -2.30. The van der Waals surface area contributed by atoms with Crippen molar-refractivity contribution < 1.29 is 4.79 Å². The number of piperazine rings is 1. The first-order chi connectivity index (χ1) is 8.59. The van der Waals surface area contributed by atoms with E-state index in [2.05, 4.69) is 37.4 Å². The Bertz CT molecular complexity index is 436. The highest BCUT2D eigenvalue weighted by molar-refractivity contribution is 5.83. The molecule has 0 spiro atoms. The lowest BCUT2D eigenvalue weighted by molar-refractivity contribution is -0.133. The van der Waals surface area contributed by atoms with Gasteiger partial charge in [0.1, 0.15) is 0 Å². The van der Waals surface area contributed by atoms with E-state index in [9.17, 15) is 4.79 Å². The van der Waals surface area contributed by atoms with E-state index in [0.717, 1.165) is 31.7 Å². The van der Waals surface area contributed by atoms with Crippen LogP contribution in [0, 0.1) is 13.8 Å². The van der Waals surface area contributed by atoms with Gasteiger partial charge in [-0.1, -0.05) is 18.2 Å². The number of nitrogens with one attached hydrogen (secondary N) is 1. The van der Waals surface area contributed by atoms with Crippen LogP contribution in [0.25, 0.3) is 0 Å². The molecule has 98 valence electrons. The van der Waals surface area contributed by atoms with Crippen LogP contribution in [0.4, 0.5) is 0 Å². The third kappa shape index (κ3) is 2.72. The molecule has 1 amide bonds. The van der Waals surface area contributed by atoms with Crippen molar-refractivity contribution in [2.24, 2.45) is 0 Å². The standard InChI is InChI=1S/C15H22N2O/c1-11-4-5-14(10-12(11)2)13(3)15(18)17-8-6-16-7-9-17/h4-5,10,13,16H,6-9H2,1-3H3. The molecule has 1 aliphatic heterocycles. The molecule has 2 rings (SSSR count). The Morgan fingerprint density at radius 1 is 1.22 bits per heavy atom. The number of hydrogen-bond acceptors (Lipinski definition) is 2. The van der Waals surface area contributed by atoms with E-state index in [1.54, 1.807) is 0 Å². The second kappa shape index (κ2) is 5.53. The predicted molar refractivity (Wildman–Crippen MR) is 73.8 cm³/mol. The molecular weight excluding hydrogens is 224 g/mol. The van der Waals surface area contributed by atoms with Gasteiger partial charge in [0.05, 0.1) is 5.92 Å². The summed E-state index contributed by atoms with van der Waals surface area (Å²) in [6.45, 7) is 9.68. The molecule has 1 atom stereocenters. The number of benzene rings is 1. The third-order valence-electron chi connectivity index (χ3n) is 3.83. The number of rotatable bonds is 2. The number of carbonyl (C=O) groups excluding carboxylic acids is 1. The van der Waals surface area contributed by atoms with Gasteiger partial charge in [-0.25, -0.2) is 0 Å². The topological polar surface area (TPSA) is 32.3 Å². The number of carbonyl (C=O) groups is 1. The summed E-state index contributed by atoms with van der Waals surface area (Å²) < 4.78 is 0. The second-order valence-electron chi connectivity index (χ2n) is 5.14. The number of amides is 1. The molecule has 1 fully saturated rings. The molecule has 0 radical (unpaired) electrons. The van der Waals surface area contributed by atoms with Crippen molar-refractivity contribution in [2.45, 2.75) is 26.7 Å². The molecule has 3 heteroatoms. The fourth-order valence-electron chi connectivity index (χ4n) is 2.34. The van der Waals surface area contributed by atoms with E-state index in [-0.39, 0.29) is 11.8 Å². The van der Waals surface area contributed by atoms with Crippen molar-refractivity contribution in [1.29, 1.82) is 0 Å². The smallest absolute Gasteiger partial charge is 0.229 e. The maximum absolute atomic E-state index is 12.4. The van der Waals surface area contributed by atoms with Gasteiger partial charge in [-0.15, -0.1) is 0 Å². The summed E-state index contributed by atoms with van der Waals surface area (Å²) >= 11 is 0. The first-order valence-electron chi connectivity index (χ1n) is 6.66. The van der Waals surface area contributed by atoms with Gasteiger partial charge in [-0.2, -0.15) is 0 Å². The van der Waals surface area contributed by atoms with Gasteiger partial charge in [0.25, 0.3) is 0 Å².